The van der Waals surface area contributed by atoms with Crippen molar-refractivity contribution in [2.45, 2.75) is 18.9 Å². The number of aromatic nitrogens is 1. The molecule has 1 aliphatic heterocycles. The Kier molecular flexibility index (Phi) is 3.96. The molecule has 1 amide bonds. The monoisotopic (exact) mass is 298 g/mol. The lowest BCUT2D eigenvalue weighted by Gasteiger charge is -2.25. The quantitative estimate of drug-likeness (QED) is 0.645. The van der Waals surface area contributed by atoms with Gasteiger partial charge in [-0.25, -0.2) is 0 Å². The zero-order chi connectivity index (χ0) is 15.5. The van der Waals surface area contributed by atoms with E-state index in [1.807, 2.05) is 24.3 Å². The fraction of sp³-hybridized carbons (Fsp3) is 0.294. The van der Waals surface area contributed by atoms with E-state index in [2.05, 4.69) is 0 Å². The van der Waals surface area contributed by atoms with Crippen LogP contribution in [0.3, 0.4) is 0 Å². The van der Waals surface area contributed by atoms with Crippen molar-refractivity contribution < 1.29 is 14.3 Å². The van der Waals surface area contributed by atoms with Crippen LogP contribution in [0.4, 0.5) is 0 Å². The van der Waals surface area contributed by atoms with Crippen LogP contribution in [0.1, 0.15) is 34.9 Å². The number of benzene rings is 1. The second-order valence-corrected chi connectivity index (χ2v) is 5.31. The van der Waals surface area contributed by atoms with E-state index in [4.69, 9.17) is 4.74 Å². The van der Waals surface area contributed by atoms with E-state index in [1.165, 1.54) is 6.20 Å². The van der Waals surface area contributed by atoms with Gasteiger partial charge in [-0.15, -0.1) is 0 Å². The summed E-state index contributed by atoms with van der Waals surface area (Å²) in [6, 6.07) is 12.6. The van der Waals surface area contributed by atoms with Crippen LogP contribution in [0, 0.1) is 5.21 Å². The minimum Gasteiger partial charge on any atom is -0.618 e. The highest BCUT2D eigenvalue weighted by atomic mass is 16.5. The molecule has 0 spiro atoms. The molecule has 1 saturated heterocycles. The molecule has 5 heteroatoms. The molecule has 0 N–H and O–H groups in total. The summed E-state index contributed by atoms with van der Waals surface area (Å²) in [7, 11) is 1.63. The van der Waals surface area contributed by atoms with Gasteiger partial charge in [0, 0.05) is 24.2 Å². The summed E-state index contributed by atoms with van der Waals surface area (Å²) in [5.41, 5.74) is 1.15. The number of rotatable bonds is 3. The highest BCUT2D eigenvalue weighted by Gasteiger charge is 2.35. The van der Waals surface area contributed by atoms with Crippen LogP contribution in [-0.4, -0.2) is 24.5 Å². The van der Waals surface area contributed by atoms with Gasteiger partial charge < -0.3 is 14.8 Å². The standard InChI is InChI=1S/C17H18N2O3/c1-22-16-10-3-2-7-13(16)14-9-6-11-18(14)17(20)15-8-4-5-12-19(15)21/h2-5,7-8,10,12,14H,6,9,11H2,1H3. The lowest BCUT2D eigenvalue weighted by molar-refractivity contribution is -0.608. The fourth-order valence-electron chi connectivity index (χ4n) is 3.02. The molecule has 1 fully saturated rings. The summed E-state index contributed by atoms with van der Waals surface area (Å²) in [5, 5.41) is 11.8. The normalized spacial score (nSPS) is 17.5. The molecule has 2 aromatic rings. The largest absolute Gasteiger partial charge is 0.618 e. The molecule has 0 bridgehead atoms. The Morgan fingerprint density at radius 2 is 2.05 bits per heavy atom. The fourth-order valence-corrected chi connectivity index (χ4v) is 3.02. The second-order valence-electron chi connectivity index (χ2n) is 5.31. The number of hydrogen-bond donors (Lipinski definition) is 0. The number of hydrogen-bond acceptors (Lipinski definition) is 3. The van der Waals surface area contributed by atoms with Gasteiger partial charge >= 0.3 is 5.91 Å². The first-order chi connectivity index (χ1) is 10.7. The van der Waals surface area contributed by atoms with Gasteiger partial charge in [-0.05, 0) is 25.0 Å². The number of carbonyl (C=O) groups excluding carboxylic acids is 1. The number of carbonyl (C=O) groups is 1. The van der Waals surface area contributed by atoms with Crippen molar-refractivity contribution in [3.63, 3.8) is 0 Å². The molecule has 0 aliphatic carbocycles. The predicted molar refractivity (Wildman–Crippen MR) is 81.4 cm³/mol. The summed E-state index contributed by atoms with van der Waals surface area (Å²) in [5.74, 6) is 0.541. The van der Waals surface area contributed by atoms with Crippen LogP contribution in [0.25, 0.3) is 0 Å². The Morgan fingerprint density at radius 3 is 2.82 bits per heavy atom. The van der Waals surface area contributed by atoms with Crippen molar-refractivity contribution in [1.82, 2.24) is 4.90 Å². The maximum absolute atomic E-state index is 12.7. The minimum atomic E-state index is -0.232. The SMILES string of the molecule is COc1ccccc1C1CCCN1C(=O)c1cccc[n+]1[O-]. The third-order valence-corrected chi connectivity index (χ3v) is 4.05. The van der Waals surface area contributed by atoms with Crippen molar-refractivity contribution >= 4 is 5.91 Å². The minimum absolute atomic E-state index is 0.0520. The maximum Gasteiger partial charge on any atom is 0.320 e. The van der Waals surface area contributed by atoms with Crippen LogP contribution in [0.15, 0.2) is 48.7 Å². The molecule has 0 radical (unpaired) electrons. The Hall–Kier alpha value is -2.56. The maximum atomic E-state index is 12.7. The van der Waals surface area contributed by atoms with Crippen LogP contribution in [-0.2, 0) is 0 Å². The second kappa shape index (κ2) is 6.05. The smallest absolute Gasteiger partial charge is 0.320 e. The van der Waals surface area contributed by atoms with Crippen LogP contribution < -0.4 is 9.47 Å². The molecule has 3 rings (SSSR count). The third-order valence-electron chi connectivity index (χ3n) is 4.05. The number of methoxy groups -OCH3 is 1. The average molecular weight is 298 g/mol. The molecule has 1 aromatic carbocycles. The van der Waals surface area contributed by atoms with E-state index in [0.29, 0.717) is 11.3 Å². The first-order valence-electron chi connectivity index (χ1n) is 7.34. The van der Waals surface area contributed by atoms with E-state index < -0.39 is 0 Å². The summed E-state index contributed by atoms with van der Waals surface area (Å²) in [6.07, 6.45) is 3.14. The van der Waals surface area contributed by atoms with Crippen LogP contribution in [0.2, 0.25) is 0 Å². The Morgan fingerprint density at radius 1 is 1.27 bits per heavy atom. The topological polar surface area (TPSA) is 56.5 Å². The highest BCUT2D eigenvalue weighted by Crippen LogP contribution is 2.37. The predicted octanol–water partition coefficient (Wildman–Crippen LogP) is 2.31. The number of likely N-dealkylation sites (tertiary alicyclic amines) is 1. The molecular formula is C17H18N2O3. The Labute approximate surface area is 129 Å². The average Bonchev–Trinajstić information content (AvgIpc) is 3.04. The van der Waals surface area contributed by atoms with Gasteiger partial charge in [0.25, 0.3) is 5.69 Å². The van der Waals surface area contributed by atoms with Gasteiger partial charge in [0.2, 0.25) is 0 Å². The summed E-state index contributed by atoms with van der Waals surface area (Å²) < 4.78 is 6.04. The molecule has 1 atom stereocenters. The molecule has 1 unspecified atom stereocenters. The first-order valence-corrected chi connectivity index (χ1v) is 7.34. The van der Waals surface area contributed by atoms with Gasteiger partial charge in [0.05, 0.1) is 13.2 Å². The zero-order valence-corrected chi connectivity index (χ0v) is 12.4. The molecule has 22 heavy (non-hydrogen) atoms. The van der Waals surface area contributed by atoms with Crippen LogP contribution >= 0.6 is 0 Å². The Balaban J connectivity index is 1.94. The number of ether oxygens (including phenoxy) is 1. The van der Waals surface area contributed by atoms with Crippen molar-refractivity contribution in [1.29, 1.82) is 0 Å². The molecule has 2 heterocycles. The third kappa shape index (κ3) is 2.50. The van der Waals surface area contributed by atoms with Gasteiger partial charge in [-0.3, -0.25) is 4.79 Å². The number of amides is 1. The zero-order valence-electron chi connectivity index (χ0n) is 12.4. The molecule has 1 aliphatic rings. The van der Waals surface area contributed by atoms with Crippen molar-refractivity contribution in [3.8, 4) is 5.75 Å². The van der Waals surface area contributed by atoms with E-state index in [0.717, 1.165) is 24.2 Å². The van der Waals surface area contributed by atoms with Gasteiger partial charge in [-0.2, -0.15) is 4.73 Å². The number of para-hydroxylation sites is 1. The summed E-state index contributed by atoms with van der Waals surface area (Å²) in [6.45, 7) is 0.649. The lowest BCUT2D eigenvalue weighted by atomic mass is 10.0. The van der Waals surface area contributed by atoms with E-state index in [-0.39, 0.29) is 17.6 Å². The summed E-state index contributed by atoms with van der Waals surface area (Å²) >= 11 is 0. The highest BCUT2D eigenvalue weighted by molar-refractivity contribution is 5.91. The molecule has 5 nitrogen and oxygen atoms in total. The number of nitrogens with zero attached hydrogens (tertiary/aromatic N) is 2. The molecule has 0 saturated carbocycles. The van der Waals surface area contributed by atoms with Gasteiger partial charge in [0.1, 0.15) is 5.75 Å². The van der Waals surface area contributed by atoms with Gasteiger partial charge in [0.15, 0.2) is 6.20 Å². The molecular weight excluding hydrogens is 280 g/mol. The first kappa shape index (κ1) is 14.4. The molecule has 114 valence electrons. The van der Waals surface area contributed by atoms with E-state index in [1.54, 1.807) is 30.2 Å². The van der Waals surface area contributed by atoms with Crippen molar-refractivity contribution in [3.05, 3.63) is 65.1 Å². The molecule has 1 aromatic heterocycles. The Bertz CT molecular complexity index is 687. The van der Waals surface area contributed by atoms with E-state index >= 15 is 0 Å². The van der Waals surface area contributed by atoms with Crippen molar-refractivity contribution in [2.75, 3.05) is 13.7 Å². The van der Waals surface area contributed by atoms with Crippen LogP contribution in [0.5, 0.6) is 5.75 Å². The summed E-state index contributed by atoms with van der Waals surface area (Å²) in [4.78, 5) is 14.5. The lowest BCUT2D eigenvalue weighted by Crippen LogP contribution is -2.41. The van der Waals surface area contributed by atoms with Gasteiger partial charge in [-0.1, -0.05) is 18.2 Å². The van der Waals surface area contributed by atoms with E-state index in [9.17, 15) is 10.0 Å². The number of pyridine rings is 1. The van der Waals surface area contributed by atoms with Crippen molar-refractivity contribution in [2.24, 2.45) is 0 Å².